The second-order valence-corrected chi connectivity index (χ2v) is 6.34. The van der Waals surface area contributed by atoms with Gasteiger partial charge in [-0.05, 0) is 38.5 Å². The van der Waals surface area contributed by atoms with Crippen LogP contribution in [0, 0.1) is 13.8 Å². The maximum atomic E-state index is 12.1. The molecule has 8 heteroatoms. The van der Waals surface area contributed by atoms with Crippen molar-refractivity contribution in [3.8, 4) is 11.6 Å². The van der Waals surface area contributed by atoms with Crippen molar-refractivity contribution in [2.75, 3.05) is 6.61 Å². The van der Waals surface area contributed by atoms with Gasteiger partial charge in [0.25, 0.3) is 0 Å². The van der Waals surface area contributed by atoms with Crippen LogP contribution in [0.25, 0.3) is 10.2 Å². The summed E-state index contributed by atoms with van der Waals surface area (Å²) >= 11 is 7.06. The maximum absolute atomic E-state index is 12.1. The molecule has 6 nitrogen and oxygen atoms in total. The summed E-state index contributed by atoms with van der Waals surface area (Å²) in [6.07, 6.45) is 1.51. The Morgan fingerprint density at radius 1 is 1.29 bits per heavy atom. The van der Waals surface area contributed by atoms with Gasteiger partial charge in [-0.2, -0.15) is 4.98 Å². The third-order valence-electron chi connectivity index (χ3n) is 3.24. The Kier molecular flexibility index (Phi) is 4.64. The number of aryl methyl sites for hydroxylation is 2. The first kappa shape index (κ1) is 16.6. The van der Waals surface area contributed by atoms with Crippen LogP contribution in [0.2, 0.25) is 5.15 Å². The van der Waals surface area contributed by atoms with Crippen LogP contribution >= 0.6 is 22.9 Å². The lowest BCUT2D eigenvalue weighted by atomic mass is 10.2. The second kappa shape index (κ2) is 6.70. The third kappa shape index (κ3) is 3.18. The van der Waals surface area contributed by atoms with E-state index < -0.39 is 0 Å². The van der Waals surface area contributed by atoms with E-state index in [-0.39, 0.29) is 5.97 Å². The first-order valence-corrected chi connectivity index (χ1v) is 8.43. The Hall–Kier alpha value is -2.25. The van der Waals surface area contributed by atoms with Gasteiger partial charge < -0.3 is 9.47 Å². The molecule has 0 atom stereocenters. The van der Waals surface area contributed by atoms with Crippen LogP contribution < -0.4 is 4.74 Å². The molecular formula is C16H14ClN3O3S. The number of pyridine rings is 1. The van der Waals surface area contributed by atoms with E-state index >= 15 is 0 Å². The Balaban J connectivity index is 2.09. The highest BCUT2D eigenvalue weighted by Gasteiger charge is 2.22. The summed E-state index contributed by atoms with van der Waals surface area (Å²) in [6, 6.07) is 3.33. The fraction of sp³-hybridized carbons (Fsp3) is 0.250. The Bertz CT molecular complexity index is 909. The molecule has 3 aromatic rings. The zero-order valence-electron chi connectivity index (χ0n) is 13.3. The first-order chi connectivity index (χ1) is 11.5. The number of hydrogen-bond donors (Lipinski definition) is 0. The molecule has 0 fully saturated rings. The van der Waals surface area contributed by atoms with Gasteiger partial charge in [-0.25, -0.2) is 14.8 Å². The molecule has 0 unspecified atom stereocenters. The molecule has 0 saturated carbocycles. The maximum Gasteiger partial charge on any atom is 0.348 e. The van der Waals surface area contributed by atoms with Crippen molar-refractivity contribution >= 4 is 39.1 Å². The number of aromatic nitrogens is 3. The molecule has 0 bridgehead atoms. The van der Waals surface area contributed by atoms with Crippen LogP contribution in [0.5, 0.6) is 11.6 Å². The highest BCUT2D eigenvalue weighted by molar-refractivity contribution is 7.20. The Labute approximate surface area is 147 Å². The van der Waals surface area contributed by atoms with Crippen LogP contribution in [-0.2, 0) is 4.74 Å². The van der Waals surface area contributed by atoms with Gasteiger partial charge in [0.15, 0.2) is 0 Å². The molecule has 0 aliphatic carbocycles. The molecular weight excluding hydrogens is 350 g/mol. The summed E-state index contributed by atoms with van der Waals surface area (Å²) in [6.45, 7) is 5.69. The quantitative estimate of drug-likeness (QED) is 0.507. The molecule has 3 aromatic heterocycles. The van der Waals surface area contributed by atoms with E-state index in [1.807, 2.05) is 6.92 Å². The molecule has 24 heavy (non-hydrogen) atoms. The van der Waals surface area contributed by atoms with Crippen molar-refractivity contribution in [3.05, 3.63) is 39.7 Å². The standard InChI is InChI=1S/C16H14ClN3O3S/c1-4-22-16(21)13-8(2)12-14(19-9(3)20-15(12)24-13)23-10-5-6-11(17)18-7-10/h5-7H,4H2,1-3H3. The van der Waals surface area contributed by atoms with Crippen molar-refractivity contribution in [1.29, 1.82) is 0 Å². The normalized spacial score (nSPS) is 10.8. The van der Waals surface area contributed by atoms with E-state index in [0.717, 1.165) is 5.56 Å². The van der Waals surface area contributed by atoms with E-state index in [1.165, 1.54) is 17.5 Å². The number of carbonyl (C=O) groups excluding carboxylic acids is 1. The van der Waals surface area contributed by atoms with Crippen molar-refractivity contribution < 1.29 is 14.3 Å². The van der Waals surface area contributed by atoms with Gasteiger partial charge in [0.05, 0.1) is 18.2 Å². The number of ether oxygens (including phenoxy) is 2. The molecule has 0 aromatic carbocycles. The second-order valence-electron chi connectivity index (χ2n) is 4.95. The summed E-state index contributed by atoms with van der Waals surface area (Å²) in [5.74, 6) is 1.07. The summed E-state index contributed by atoms with van der Waals surface area (Å²) in [5, 5.41) is 1.08. The first-order valence-electron chi connectivity index (χ1n) is 7.24. The third-order valence-corrected chi connectivity index (χ3v) is 4.63. The molecule has 0 saturated heterocycles. The number of hydrogen-bond acceptors (Lipinski definition) is 7. The van der Waals surface area contributed by atoms with E-state index in [1.54, 1.807) is 26.0 Å². The molecule has 124 valence electrons. The zero-order chi connectivity index (χ0) is 17.3. The highest BCUT2D eigenvalue weighted by atomic mass is 35.5. The molecule has 3 rings (SSSR count). The minimum Gasteiger partial charge on any atom is -0.462 e. The SMILES string of the molecule is CCOC(=O)c1sc2nc(C)nc(Oc3ccc(Cl)nc3)c2c1C. The predicted octanol–water partition coefficient (Wildman–Crippen LogP) is 4.33. The van der Waals surface area contributed by atoms with E-state index in [2.05, 4.69) is 15.0 Å². The molecule has 0 amide bonds. The van der Waals surface area contributed by atoms with Crippen molar-refractivity contribution in [3.63, 3.8) is 0 Å². The fourth-order valence-electron chi connectivity index (χ4n) is 2.20. The smallest absolute Gasteiger partial charge is 0.348 e. The average Bonchev–Trinajstić information content (AvgIpc) is 2.86. The van der Waals surface area contributed by atoms with Crippen molar-refractivity contribution in [1.82, 2.24) is 15.0 Å². The molecule has 0 radical (unpaired) electrons. The fourth-order valence-corrected chi connectivity index (χ4v) is 3.43. The van der Waals surface area contributed by atoms with Gasteiger partial charge >= 0.3 is 5.97 Å². The summed E-state index contributed by atoms with van der Waals surface area (Å²) in [4.78, 5) is 26.0. The lowest BCUT2D eigenvalue weighted by Crippen LogP contribution is -2.03. The minimum atomic E-state index is -0.366. The van der Waals surface area contributed by atoms with Crippen molar-refractivity contribution in [2.24, 2.45) is 0 Å². The molecule has 3 heterocycles. The van der Waals surface area contributed by atoms with Crippen LogP contribution in [0.3, 0.4) is 0 Å². The van der Waals surface area contributed by atoms with Gasteiger partial charge in [0, 0.05) is 0 Å². The number of carbonyl (C=O) groups is 1. The van der Waals surface area contributed by atoms with Crippen LogP contribution in [0.1, 0.15) is 28.0 Å². The Morgan fingerprint density at radius 3 is 2.75 bits per heavy atom. The van der Waals surface area contributed by atoms with Crippen LogP contribution in [0.15, 0.2) is 18.3 Å². The monoisotopic (exact) mass is 363 g/mol. The van der Waals surface area contributed by atoms with Crippen LogP contribution in [-0.4, -0.2) is 27.5 Å². The van der Waals surface area contributed by atoms with E-state index in [0.29, 0.717) is 44.3 Å². The zero-order valence-corrected chi connectivity index (χ0v) is 14.9. The number of thiophene rings is 1. The Morgan fingerprint density at radius 2 is 2.08 bits per heavy atom. The van der Waals surface area contributed by atoms with E-state index in [9.17, 15) is 4.79 Å². The number of rotatable bonds is 4. The minimum absolute atomic E-state index is 0.316. The predicted molar refractivity (Wildman–Crippen MR) is 92.2 cm³/mol. The number of halogens is 1. The number of esters is 1. The highest BCUT2D eigenvalue weighted by Crippen LogP contribution is 2.37. The molecule has 0 aliphatic rings. The largest absolute Gasteiger partial charge is 0.462 e. The molecule has 0 N–H and O–H groups in total. The van der Waals surface area contributed by atoms with Gasteiger partial charge in [0.1, 0.15) is 26.4 Å². The lowest BCUT2D eigenvalue weighted by molar-refractivity contribution is 0.0531. The topological polar surface area (TPSA) is 74.2 Å². The average molecular weight is 364 g/mol. The summed E-state index contributed by atoms with van der Waals surface area (Å²) in [5.41, 5.74) is 0.741. The summed E-state index contributed by atoms with van der Waals surface area (Å²) in [7, 11) is 0. The number of fused-ring (bicyclic) bond motifs is 1. The lowest BCUT2D eigenvalue weighted by Gasteiger charge is -2.07. The van der Waals surface area contributed by atoms with Crippen molar-refractivity contribution in [2.45, 2.75) is 20.8 Å². The molecule has 0 aliphatic heterocycles. The van der Waals surface area contributed by atoms with Gasteiger partial charge in [0.2, 0.25) is 5.88 Å². The van der Waals surface area contributed by atoms with Gasteiger partial charge in [-0.15, -0.1) is 11.3 Å². The van der Waals surface area contributed by atoms with E-state index in [4.69, 9.17) is 21.1 Å². The summed E-state index contributed by atoms with van der Waals surface area (Å²) < 4.78 is 10.9. The van der Waals surface area contributed by atoms with Gasteiger partial charge in [-0.1, -0.05) is 11.6 Å². The van der Waals surface area contributed by atoms with Crippen LogP contribution in [0.4, 0.5) is 0 Å². The van der Waals surface area contributed by atoms with Gasteiger partial charge in [-0.3, -0.25) is 0 Å². The number of nitrogens with zero attached hydrogens (tertiary/aromatic N) is 3. The molecule has 0 spiro atoms.